The van der Waals surface area contributed by atoms with E-state index < -0.39 is 4.92 Å². The van der Waals surface area contributed by atoms with E-state index in [1.54, 1.807) is 4.90 Å². The number of nitrogens with zero attached hydrogens (tertiary/aromatic N) is 2. The second-order valence-electron chi connectivity index (χ2n) is 4.89. The minimum Gasteiger partial charge on any atom is -0.372 e. The molecule has 1 amide bonds. The van der Waals surface area contributed by atoms with Crippen LogP contribution in [0.2, 0.25) is 0 Å². The van der Waals surface area contributed by atoms with Crippen LogP contribution in [0.3, 0.4) is 0 Å². The van der Waals surface area contributed by atoms with Crippen LogP contribution in [0.4, 0.5) is 5.69 Å². The fourth-order valence-corrected chi connectivity index (χ4v) is 2.72. The molecule has 6 nitrogen and oxygen atoms in total. The van der Waals surface area contributed by atoms with Gasteiger partial charge in [-0.2, -0.15) is 0 Å². The summed E-state index contributed by atoms with van der Waals surface area (Å²) in [4.78, 5) is 24.5. The highest BCUT2D eigenvalue weighted by molar-refractivity contribution is 9.10. The van der Waals surface area contributed by atoms with Crippen molar-refractivity contribution in [3.05, 3.63) is 38.3 Å². The van der Waals surface area contributed by atoms with E-state index in [9.17, 15) is 14.9 Å². The van der Waals surface area contributed by atoms with Crippen LogP contribution in [0.15, 0.2) is 22.7 Å². The lowest BCUT2D eigenvalue weighted by molar-refractivity contribution is -0.384. The maximum atomic E-state index is 12.5. The largest absolute Gasteiger partial charge is 0.372 e. The van der Waals surface area contributed by atoms with Gasteiger partial charge in [-0.1, -0.05) is 0 Å². The first-order valence-corrected chi connectivity index (χ1v) is 7.06. The zero-order valence-corrected chi connectivity index (χ0v) is 12.8. The lowest BCUT2D eigenvalue weighted by Crippen LogP contribution is -2.48. The molecule has 1 aliphatic heterocycles. The van der Waals surface area contributed by atoms with Gasteiger partial charge in [0.2, 0.25) is 0 Å². The average Bonchev–Trinajstić information content (AvgIpc) is 2.37. The van der Waals surface area contributed by atoms with Crippen LogP contribution in [-0.2, 0) is 4.74 Å². The third-order valence-electron chi connectivity index (χ3n) is 3.10. The van der Waals surface area contributed by atoms with Crippen molar-refractivity contribution >= 4 is 27.5 Å². The highest BCUT2D eigenvalue weighted by Crippen LogP contribution is 2.25. The Labute approximate surface area is 125 Å². The average molecular weight is 343 g/mol. The van der Waals surface area contributed by atoms with Crippen molar-refractivity contribution in [2.45, 2.75) is 26.1 Å². The van der Waals surface area contributed by atoms with Gasteiger partial charge >= 0.3 is 0 Å². The molecule has 2 atom stereocenters. The number of nitro benzene ring substituents is 1. The van der Waals surface area contributed by atoms with E-state index >= 15 is 0 Å². The van der Waals surface area contributed by atoms with Gasteiger partial charge in [-0.15, -0.1) is 0 Å². The fraction of sp³-hybridized carbons (Fsp3) is 0.462. The molecule has 1 aliphatic rings. The molecule has 0 saturated carbocycles. The topological polar surface area (TPSA) is 72.7 Å². The third-order valence-corrected chi connectivity index (χ3v) is 3.79. The van der Waals surface area contributed by atoms with E-state index in [1.165, 1.54) is 18.2 Å². The first-order chi connectivity index (χ1) is 9.38. The summed E-state index contributed by atoms with van der Waals surface area (Å²) in [5.41, 5.74) is 0.214. The number of halogens is 1. The third kappa shape index (κ3) is 3.16. The highest BCUT2D eigenvalue weighted by Gasteiger charge is 2.28. The molecule has 0 N–H and O–H groups in total. The van der Waals surface area contributed by atoms with Gasteiger partial charge in [-0.3, -0.25) is 14.9 Å². The molecule has 1 heterocycles. The molecule has 0 aliphatic carbocycles. The summed E-state index contributed by atoms with van der Waals surface area (Å²) < 4.78 is 6.14. The van der Waals surface area contributed by atoms with Crippen molar-refractivity contribution in [2.75, 3.05) is 13.1 Å². The van der Waals surface area contributed by atoms with Crippen LogP contribution >= 0.6 is 15.9 Å². The van der Waals surface area contributed by atoms with E-state index in [-0.39, 0.29) is 23.8 Å². The number of benzene rings is 1. The number of carbonyl (C=O) groups is 1. The molecule has 20 heavy (non-hydrogen) atoms. The molecule has 0 radical (unpaired) electrons. The maximum Gasteiger partial charge on any atom is 0.270 e. The molecule has 1 aromatic carbocycles. The fourth-order valence-electron chi connectivity index (χ4n) is 2.30. The summed E-state index contributed by atoms with van der Waals surface area (Å²) in [6.07, 6.45) is -0.0830. The predicted molar refractivity (Wildman–Crippen MR) is 76.7 cm³/mol. The standard InChI is InChI=1S/C13H15BrN2O4/c1-8-6-15(7-9(2)20-8)13(17)11-5-10(16(18)19)3-4-12(11)14/h3-5,8-9H,6-7H2,1-2H3. The molecule has 1 saturated heterocycles. The molecule has 0 spiro atoms. The van der Waals surface area contributed by atoms with E-state index in [4.69, 9.17) is 4.74 Å². The molecule has 108 valence electrons. The van der Waals surface area contributed by atoms with Crippen LogP contribution in [0.1, 0.15) is 24.2 Å². The van der Waals surface area contributed by atoms with Gasteiger partial charge in [0.25, 0.3) is 11.6 Å². The zero-order valence-electron chi connectivity index (χ0n) is 11.2. The SMILES string of the molecule is CC1CN(C(=O)c2cc([N+](=O)[O-])ccc2Br)CC(C)O1. The molecule has 0 aromatic heterocycles. The van der Waals surface area contributed by atoms with Crippen LogP contribution < -0.4 is 0 Å². The van der Waals surface area contributed by atoms with Crippen LogP contribution in [0, 0.1) is 10.1 Å². The first kappa shape index (κ1) is 14.9. The van der Waals surface area contributed by atoms with Gasteiger partial charge in [0.1, 0.15) is 0 Å². The molecule has 2 unspecified atom stereocenters. The quantitative estimate of drug-likeness (QED) is 0.611. The smallest absolute Gasteiger partial charge is 0.270 e. The number of carbonyl (C=O) groups excluding carboxylic acids is 1. The Hall–Kier alpha value is -1.47. The Kier molecular flexibility index (Phi) is 4.39. The monoisotopic (exact) mass is 342 g/mol. The van der Waals surface area contributed by atoms with Crippen LogP contribution in [-0.4, -0.2) is 41.0 Å². The van der Waals surface area contributed by atoms with Crippen LogP contribution in [0.5, 0.6) is 0 Å². The number of amides is 1. The number of morpholine rings is 1. The Morgan fingerprint density at radius 3 is 2.55 bits per heavy atom. The summed E-state index contributed by atoms with van der Waals surface area (Å²) in [5.74, 6) is -0.220. The molecular formula is C13H15BrN2O4. The molecule has 1 aromatic rings. The van der Waals surface area contributed by atoms with Gasteiger partial charge in [0.05, 0.1) is 22.7 Å². The Morgan fingerprint density at radius 2 is 2.00 bits per heavy atom. The minimum atomic E-state index is -0.506. The molecular weight excluding hydrogens is 328 g/mol. The van der Waals surface area contributed by atoms with Crippen molar-refractivity contribution in [1.29, 1.82) is 0 Å². The van der Waals surface area contributed by atoms with Gasteiger partial charge in [-0.05, 0) is 35.8 Å². The number of rotatable bonds is 2. The summed E-state index contributed by atoms with van der Waals surface area (Å²) in [6.45, 7) is 4.77. The number of hydrogen-bond donors (Lipinski definition) is 0. The summed E-state index contributed by atoms with van der Waals surface area (Å²) in [6, 6.07) is 4.20. The number of hydrogen-bond acceptors (Lipinski definition) is 4. The van der Waals surface area contributed by atoms with Crippen molar-refractivity contribution in [2.24, 2.45) is 0 Å². The van der Waals surface area contributed by atoms with Gasteiger partial charge in [-0.25, -0.2) is 0 Å². The number of nitro groups is 1. The van der Waals surface area contributed by atoms with Crippen molar-refractivity contribution in [1.82, 2.24) is 4.90 Å². The Balaban J connectivity index is 2.28. The number of ether oxygens (including phenoxy) is 1. The van der Waals surface area contributed by atoms with Crippen molar-refractivity contribution < 1.29 is 14.5 Å². The van der Waals surface area contributed by atoms with Crippen molar-refractivity contribution in [3.63, 3.8) is 0 Å². The number of non-ortho nitro benzene ring substituents is 1. The Morgan fingerprint density at radius 1 is 1.40 bits per heavy atom. The van der Waals surface area contributed by atoms with E-state index in [1.807, 2.05) is 13.8 Å². The van der Waals surface area contributed by atoms with Gasteiger partial charge < -0.3 is 9.64 Å². The summed E-state index contributed by atoms with van der Waals surface area (Å²) in [5, 5.41) is 10.8. The second kappa shape index (κ2) is 5.88. The van der Waals surface area contributed by atoms with E-state index in [0.717, 1.165) is 0 Å². The minimum absolute atomic E-state index is 0.0415. The maximum absolute atomic E-state index is 12.5. The summed E-state index contributed by atoms with van der Waals surface area (Å²) >= 11 is 3.28. The van der Waals surface area contributed by atoms with Gasteiger partial charge in [0.15, 0.2) is 0 Å². The molecule has 0 bridgehead atoms. The molecule has 7 heteroatoms. The van der Waals surface area contributed by atoms with E-state index in [0.29, 0.717) is 23.1 Å². The second-order valence-corrected chi connectivity index (χ2v) is 5.74. The normalized spacial score (nSPS) is 22.6. The predicted octanol–water partition coefficient (Wildman–Crippen LogP) is 2.61. The molecule has 1 fully saturated rings. The molecule has 2 rings (SSSR count). The lowest BCUT2D eigenvalue weighted by atomic mass is 10.1. The Bertz CT molecular complexity index is 539. The van der Waals surface area contributed by atoms with Crippen LogP contribution in [0.25, 0.3) is 0 Å². The highest BCUT2D eigenvalue weighted by atomic mass is 79.9. The zero-order chi connectivity index (χ0) is 14.9. The lowest BCUT2D eigenvalue weighted by Gasteiger charge is -2.35. The van der Waals surface area contributed by atoms with E-state index in [2.05, 4.69) is 15.9 Å². The van der Waals surface area contributed by atoms with Gasteiger partial charge in [0, 0.05) is 29.7 Å². The first-order valence-electron chi connectivity index (χ1n) is 6.27. The van der Waals surface area contributed by atoms with Crippen molar-refractivity contribution in [3.8, 4) is 0 Å². The summed E-state index contributed by atoms with van der Waals surface area (Å²) in [7, 11) is 0.